The van der Waals surface area contributed by atoms with Gasteiger partial charge in [-0.15, -0.1) is 11.8 Å². The lowest BCUT2D eigenvalue weighted by Crippen LogP contribution is -2.23. The number of rotatable bonds is 4. The largest absolute Gasteiger partial charge is 0.322 e. The van der Waals surface area contributed by atoms with Crippen LogP contribution in [0.2, 0.25) is 0 Å². The predicted octanol–water partition coefficient (Wildman–Crippen LogP) is 3.77. The Morgan fingerprint density at radius 1 is 1.23 bits per heavy atom. The summed E-state index contributed by atoms with van der Waals surface area (Å²) >= 11 is 1.57. The van der Waals surface area contributed by atoms with Crippen LogP contribution in [0.1, 0.15) is 29.4 Å². The highest BCUT2D eigenvalue weighted by molar-refractivity contribution is 8.00. The highest BCUT2D eigenvalue weighted by Crippen LogP contribution is 2.27. The summed E-state index contributed by atoms with van der Waals surface area (Å²) in [4.78, 5) is 13.5. The minimum absolute atomic E-state index is 0.00225. The first-order valence-electron chi connectivity index (χ1n) is 7.34. The van der Waals surface area contributed by atoms with Crippen LogP contribution in [0.15, 0.2) is 23.1 Å². The fourth-order valence-corrected chi connectivity index (χ4v) is 3.19. The zero-order valence-electron chi connectivity index (χ0n) is 14.0. The molecule has 0 aliphatic heterocycles. The summed E-state index contributed by atoms with van der Waals surface area (Å²) in [6, 6.07) is 6.29. The molecule has 0 fully saturated rings. The zero-order valence-corrected chi connectivity index (χ0v) is 14.8. The number of anilines is 1. The second-order valence-corrected chi connectivity index (χ2v) is 7.08. The van der Waals surface area contributed by atoms with Crippen molar-refractivity contribution in [2.45, 2.75) is 44.8 Å². The smallest absolute Gasteiger partial charge is 0.237 e. The number of hydrogen-bond acceptors (Lipinski definition) is 3. The number of carbonyl (C=O) groups is 1. The van der Waals surface area contributed by atoms with Crippen LogP contribution in [0.5, 0.6) is 0 Å². The molecule has 0 aliphatic rings. The highest BCUT2D eigenvalue weighted by Gasteiger charge is 2.18. The number of nitrogens with one attached hydrogen (secondary N) is 1. The van der Waals surface area contributed by atoms with Crippen molar-refractivity contribution >= 4 is 23.4 Å². The third-order valence-electron chi connectivity index (χ3n) is 3.92. The van der Waals surface area contributed by atoms with E-state index in [1.54, 1.807) is 16.4 Å². The summed E-state index contributed by atoms with van der Waals surface area (Å²) in [6.07, 6.45) is 0. The Balaban J connectivity index is 2.07. The molecule has 1 N–H and O–H groups in total. The molecule has 1 aromatic heterocycles. The summed E-state index contributed by atoms with van der Waals surface area (Å²) in [5.41, 5.74) is 5.14. The molecule has 1 amide bonds. The molecule has 0 bridgehead atoms. The maximum atomic E-state index is 12.4. The molecular weight excluding hydrogens is 294 g/mol. The minimum Gasteiger partial charge on any atom is -0.322 e. The fourth-order valence-electron chi connectivity index (χ4n) is 2.22. The van der Waals surface area contributed by atoms with E-state index in [1.807, 2.05) is 27.8 Å². The number of amides is 1. The van der Waals surface area contributed by atoms with Gasteiger partial charge in [0, 0.05) is 11.9 Å². The van der Waals surface area contributed by atoms with E-state index in [1.165, 1.54) is 11.1 Å². The molecular formula is C17H23N3OS. The van der Waals surface area contributed by atoms with E-state index in [2.05, 4.69) is 42.5 Å². The van der Waals surface area contributed by atoms with Crippen molar-refractivity contribution in [1.82, 2.24) is 9.78 Å². The van der Waals surface area contributed by atoms with Crippen LogP contribution in [0.3, 0.4) is 0 Å². The second kappa shape index (κ2) is 6.57. The lowest BCUT2D eigenvalue weighted by molar-refractivity contribution is -0.115. The summed E-state index contributed by atoms with van der Waals surface area (Å²) in [7, 11) is 1.88. The Labute approximate surface area is 136 Å². The van der Waals surface area contributed by atoms with Gasteiger partial charge in [-0.2, -0.15) is 5.10 Å². The first kappa shape index (κ1) is 16.6. The van der Waals surface area contributed by atoms with Crippen LogP contribution < -0.4 is 5.32 Å². The van der Waals surface area contributed by atoms with Gasteiger partial charge in [-0.05, 0) is 57.9 Å². The van der Waals surface area contributed by atoms with Gasteiger partial charge >= 0.3 is 0 Å². The molecule has 2 rings (SSSR count). The number of nitrogens with zero attached hydrogens (tertiary/aromatic N) is 2. The quantitative estimate of drug-likeness (QED) is 0.873. The molecule has 0 saturated carbocycles. The van der Waals surface area contributed by atoms with Crippen molar-refractivity contribution in [2.24, 2.45) is 7.05 Å². The molecule has 5 heteroatoms. The van der Waals surface area contributed by atoms with E-state index in [4.69, 9.17) is 0 Å². The standard InChI is InChI=1S/C17H23N3OS/c1-10-7-8-15(9-11(10)2)22-14(5)17(21)18-16-12(3)19-20(6)13(16)4/h7-9,14H,1-6H3,(H,18,21)/t14-/m1/s1. The van der Waals surface area contributed by atoms with Crippen molar-refractivity contribution in [2.75, 3.05) is 5.32 Å². The Bertz CT molecular complexity index is 706. The Morgan fingerprint density at radius 2 is 1.91 bits per heavy atom. The van der Waals surface area contributed by atoms with E-state index in [0.29, 0.717) is 0 Å². The SMILES string of the molecule is Cc1ccc(S[C@H](C)C(=O)Nc2c(C)nn(C)c2C)cc1C. The van der Waals surface area contributed by atoms with E-state index < -0.39 is 0 Å². The molecule has 1 atom stereocenters. The summed E-state index contributed by atoms with van der Waals surface area (Å²) < 4.78 is 1.78. The molecule has 0 unspecified atom stereocenters. The number of aromatic nitrogens is 2. The topological polar surface area (TPSA) is 46.9 Å². The van der Waals surface area contributed by atoms with Crippen molar-refractivity contribution < 1.29 is 4.79 Å². The van der Waals surface area contributed by atoms with Crippen molar-refractivity contribution in [1.29, 1.82) is 0 Å². The fraction of sp³-hybridized carbons (Fsp3) is 0.412. The maximum absolute atomic E-state index is 12.4. The molecule has 0 saturated heterocycles. The third-order valence-corrected chi connectivity index (χ3v) is 5.01. The monoisotopic (exact) mass is 317 g/mol. The van der Waals surface area contributed by atoms with Crippen molar-refractivity contribution in [3.05, 3.63) is 40.7 Å². The second-order valence-electron chi connectivity index (χ2n) is 5.66. The lowest BCUT2D eigenvalue weighted by Gasteiger charge is -2.13. The summed E-state index contributed by atoms with van der Waals surface area (Å²) in [5, 5.41) is 7.16. The Kier molecular flexibility index (Phi) is 4.96. The van der Waals surface area contributed by atoms with Crippen LogP contribution in [0.25, 0.3) is 0 Å². The molecule has 1 aromatic carbocycles. The molecule has 1 heterocycles. The van der Waals surface area contributed by atoms with Gasteiger partial charge in [-0.1, -0.05) is 6.07 Å². The lowest BCUT2D eigenvalue weighted by atomic mass is 10.1. The number of hydrogen-bond donors (Lipinski definition) is 1. The van der Waals surface area contributed by atoms with Gasteiger partial charge in [0.2, 0.25) is 5.91 Å². The van der Waals surface area contributed by atoms with Gasteiger partial charge in [-0.3, -0.25) is 9.48 Å². The minimum atomic E-state index is -0.166. The molecule has 0 aliphatic carbocycles. The van der Waals surface area contributed by atoms with E-state index in [-0.39, 0.29) is 11.2 Å². The van der Waals surface area contributed by atoms with Gasteiger partial charge in [0.25, 0.3) is 0 Å². The van der Waals surface area contributed by atoms with E-state index in [0.717, 1.165) is 22.0 Å². The third kappa shape index (κ3) is 3.53. The van der Waals surface area contributed by atoms with Crippen molar-refractivity contribution in [3.63, 3.8) is 0 Å². The first-order valence-corrected chi connectivity index (χ1v) is 8.22. The molecule has 2 aromatic rings. The number of carbonyl (C=O) groups excluding carboxylic acids is 1. The average Bonchev–Trinajstić information content (AvgIpc) is 2.69. The molecule has 118 valence electrons. The number of thioether (sulfide) groups is 1. The van der Waals surface area contributed by atoms with Crippen LogP contribution in [0, 0.1) is 27.7 Å². The van der Waals surface area contributed by atoms with Crippen LogP contribution in [-0.4, -0.2) is 20.9 Å². The van der Waals surface area contributed by atoms with Crippen LogP contribution >= 0.6 is 11.8 Å². The van der Waals surface area contributed by atoms with E-state index in [9.17, 15) is 4.79 Å². The van der Waals surface area contributed by atoms with Crippen LogP contribution in [-0.2, 0) is 11.8 Å². The Hall–Kier alpha value is -1.75. The summed E-state index contributed by atoms with van der Waals surface area (Å²) in [6.45, 7) is 9.97. The summed E-state index contributed by atoms with van der Waals surface area (Å²) in [5.74, 6) is 0.00225. The predicted molar refractivity (Wildman–Crippen MR) is 92.5 cm³/mol. The maximum Gasteiger partial charge on any atom is 0.237 e. The first-order chi connectivity index (χ1) is 10.3. The highest BCUT2D eigenvalue weighted by atomic mass is 32.2. The van der Waals surface area contributed by atoms with E-state index >= 15 is 0 Å². The number of aryl methyl sites for hydroxylation is 4. The average molecular weight is 317 g/mol. The van der Waals surface area contributed by atoms with Gasteiger partial charge < -0.3 is 5.32 Å². The molecule has 0 spiro atoms. The molecule has 0 radical (unpaired) electrons. The normalized spacial score (nSPS) is 12.3. The zero-order chi connectivity index (χ0) is 16.4. The number of benzene rings is 1. The van der Waals surface area contributed by atoms with Crippen molar-refractivity contribution in [3.8, 4) is 0 Å². The van der Waals surface area contributed by atoms with Gasteiger partial charge in [0.05, 0.1) is 22.3 Å². The Morgan fingerprint density at radius 3 is 2.45 bits per heavy atom. The molecule has 4 nitrogen and oxygen atoms in total. The molecule has 22 heavy (non-hydrogen) atoms. The van der Waals surface area contributed by atoms with Crippen LogP contribution in [0.4, 0.5) is 5.69 Å². The van der Waals surface area contributed by atoms with Gasteiger partial charge in [-0.25, -0.2) is 0 Å². The van der Waals surface area contributed by atoms with Gasteiger partial charge in [0.15, 0.2) is 0 Å². The van der Waals surface area contributed by atoms with Gasteiger partial charge in [0.1, 0.15) is 0 Å².